The van der Waals surface area contributed by atoms with Gasteiger partial charge in [-0.1, -0.05) is 11.6 Å². The molecule has 16 heavy (non-hydrogen) atoms. The highest BCUT2D eigenvalue weighted by molar-refractivity contribution is 6.34. The minimum Gasteiger partial charge on any atom is -0.416 e. The van der Waals surface area contributed by atoms with Gasteiger partial charge in [-0.15, -0.1) is 0 Å². The van der Waals surface area contributed by atoms with Gasteiger partial charge in [-0.2, -0.15) is 0 Å². The fraction of sp³-hybridized carbons (Fsp3) is 0. The lowest BCUT2D eigenvalue weighted by molar-refractivity contribution is -0.387. The second-order valence-electron chi connectivity index (χ2n) is 2.98. The second-order valence-corrected chi connectivity index (χ2v) is 3.39. The lowest BCUT2D eigenvalue weighted by Crippen LogP contribution is -2.06. The van der Waals surface area contributed by atoms with E-state index in [1.165, 1.54) is 0 Å². The van der Waals surface area contributed by atoms with Gasteiger partial charge in [-0.25, -0.2) is 9.18 Å². The van der Waals surface area contributed by atoms with E-state index in [1.54, 1.807) is 0 Å². The molecule has 0 aliphatic rings. The molecule has 0 bridgehead atoms. The van der Waals surface area contributed by atoms with Crippen LogP contribution >= 0.6 is 11.6 Å². The van der Waals surface area contributed by atoms with Crippen molar-refractivity contribution in [2.45, 2.75) is 0 Å². The molecule has 0 N–H and O–H groups in total. The summed E-state index contributed by atoms with van der Waals surface area (Å²) in [5.41, 5.74) is -1.95. The van der Waals surface area contributed by atoms with Crippen molar-refractivity contribution in [3.8, 4) is 0 Å². The predicted octanol–water partition coefficient (Wildman–Crippen LogP) is 2.49. The van der Waals surface area contributed by atoms with Gasteiger partial charge in [0.15, 0.2) is 5.58 Å². The third kappa shape index (κ3) is 1.63. The van der Waals surface area contributed by atoms with Crippen LogP contribution in [0.4, 0.5) is 10.1 Å². The molecule has 7 heteroatoms. The molecule has 0 radical (unpaired) electrons. The molecule has 2 aromatic rings. The number of hydrogen-bond acceptors (Lipinski definition) is 4. The topological polar surface area (TPSA) is 73.3 Å². The summed E-state index contributed by atoms with van der Waals surface area (Å²) in [6.45, 7) is 0. The number of nitrogens with zero attached hydrogens (tertiary/aromatic N) is 1. The number of nitro groups is 1. The Labute approximate surface area is 92.2 Å². The summed E-state index contributed by atoms with van der Waals surface area (Å²) in [6.07, 6.45) is 0. The van der Waals surface area contributed by atoms with E-state index < -0.39 is 22.1 Å². The summed E-state index contributed by atoms with van der Waals surface area (Å²) in [6, 6.07) is 2.88. The Bertz CT molecular complexity index is 652. The van der Waals surface area contributed by atoms with Gasteiger partial charge in [0.05, 0.1) is 9.95 Å². The molecule has 0 amide bonds. The molecule has 0 saturated heterocycles. The van der Waals surface area contributed by atoms with Crippen molar-refractivity contribution in [1.82, 2.24) is 0 Å². The fourth-order valence-electron chi connectivity index (χ4n) is 1.27. The minimum absolute atomic E-state index is 0.0660. The first-order valence-corrected chi connectivity index (χ1v) is 4.44. The van der Waals surface area contributed by atoms with Crippen molar-refractivity contribution < 1.29 is 13.7 Å². The third-order valence-electron chi connectivity index (χ3n) is 1.93. The Morgan fingerprint density at radius 2 is 2.06 bits per heavy atom. The van der Waals surface area contributed by atoms with Gasteiger partial charge in [0, 0.05) is 11.5 Å². The summed E-state index contributed by atoms with van der Waals surface area (Å²) in [5, 5.41) is 10.4. The van der Waals surface area contributed by atoms with Crippen LogP contribution in [0.2, 0.25) is 5.02 Å². The first-order valence-electron chi connectivity index (χ1n) is 4.06. The van der Waals surface area contributed by atoms with E-state index in [0.29, 0.717) is 0 Å². The quantitative estimate of drug-likeness (QED) is 0.438. The van der Waals surface area contributed by atoms with E-state index in [9.17, 15) is 19.3 Å². The van der Waals surface area contributed by atoms with Crippen LogP contribution in [-0.4, -0.2) is 4.92 Å². The van der Waals surface area contributed by atoms with Crippen LogP contribution in [0.5, 0.6) is 0 Å². The summed E-state index contributed by atoms with van der Waals surface area (Å²) in [4.78, 5) is 20.7. The number of fused-ring (bicyclic) bond motifs is 1. The Kier molecular flexibility index (Phi) is 2.35. The molecule has 0 saturated carbocycles. The molecule has 0 spiro atoms. The van der Waals surface area contributed by atoms with Crippen LogP contribution in [0.15, 0.2) is 27.4 Å². The van der Waals surface area contributed by atoms with Crippen LogP contribution in [-0.2, 0) is 0 Å². The fourth-order valence-corrected chi connectivity index (χ4v) is 1.53. The lowest BCUT2D eigenvalue weighted by atomic mass is 10.2. The summed E-state index contributed by atoms with van der Waals surface area (Å²) in [5.74, 6) is -0.666. The number of rotatable bonds is 1. The Balaban J connectivity index is 2.90. The van der Waals surface area contributed by atoms with Gasteiger partial charge in [-0.3, -0.25) is 10.1 Å². The number of hydrogen-bond donors (Lipinski definition) is 0. The van der Waals surface area contributed by atoms with Gasteiger partial charge in [0.2, 0.25) is 0 Å². The van der Waals surface area contributed by atoms with Crippen molar-refractivity contribution in [2.75, 3.05) is 0 Å². The van der Waals surface area contributed by atoms with Crippen LogP contribution in [0.3, 0.4) is 0 Å². The van der Waals surface area contributed by atoms with E-state index in [2.05, 4.69) is 4.42 Å². The molecule has 1 aromatic carbocycles. The predicted molar refractivity (Wildman–Crippen MR) is 54.1 cm³/mol. The van der Waals surface area contributed by atoms with E-state index in [4.69, 9.17) is 11.6 Å². The molecule has 2 rings (SSSR count). The molecule has 5 nitrogen and oxygen atoms in total. The van der Waals surface area contributed by atoms with Crippen molar-refractivity contribution in [2.24, 2.45) is 0 Å². The SMILES string of the molecule is O=c1oc2c(Cl)cc(F)cc2cc1[N+](=O)[O-]. The second kappa shape index (κ2) is 3.57. The summed E-state index contributed by atoms with van der Waals surface area (Å²) < 4.78 is 17.6. The van der Waals surface area contributed by atoms with Crippen LogP contribution in [0.1, 0.15) is 0 Å². The zero-order valence-corrected chi connectivity index (χ0v) is 8.32. The smallest absolute Gasteiger partial charge is 0.415 e. The van der Waals surface area contributed by atoms with Crippen molar-refractivity contribution in [3.05, 3.63) is 49.6 Å². The average Bonchev–Trinajstić information content (AvgIpc) is 2.18. The highest BCUT2D eigenvalue weighted by Gasteiger charge is 2.17. The largest absolute Gasteiger partial charge is 0.416 e. The maximum Gasteiger partial charge on any atom is 0.415 e. The maximum absolute atomic E-state index is 13.0. The van der Waals surface area contributed by atoms with Gasteiger partial charge < -0.3 is 4.42 Å². The first-order chi connectivity index (χ1) is 7.49. The normalized spacial score (nSPS) is 10.6. The average molecular weight is 244 g/mol. The van der Waals surface area contributed by atoms with E-state index in [-0.39, 0.29) is 16.0 Å². The molecule has 0 aliphatic heterocycles. The minimum atomic E-state index is -1.12. The highest BCUT2D eigenvalue weighted by atomic mass is 35.5. The lowest BCUT2D eigenvalue weighted by Gasteiger charge is -1.99. The van der Waals surface area contributed by atoms with Gasteiger partial charge in [0.25, 0.3) is 0 Å². The van der Waals surface area contributed by atoms with E-state index in [0.717, 1.165) is 18.2 Å². The number of benzene rings is 1. The van der Waals surface area contributed by atoms with Crippen LogP contribution in [0, 0.1) is 15.9 Å². The van der Waals surface area contributed by atoms with Crippen LogP contribution < -0.4 is 5.63 Å². The summed E-state index contributed by atoms with van der Waals surface area (Å²) >= 11 is 5.62. The zero-order chi connectivity index (χ0) is 11.9. The molecule has 0 atom stereocenters. The van der Waals surface area contributed by atoms with E-state index >= 15 is 0 Å². The highest BCUT2D eigenvalue weighted by Crippen LogP contribution is 2.25. The van der Waals surface area contributed by atoms with Crippen LogP contribution in [0.25, 0.3) is 11.0 Å². The Morgan fingerprint density at radius 1 is 1.38 bits per heavy atom. The Morgan fingerprint density at radius 3 is 2.69 bits per heavy atom. The first kappa shape index (κ1) is 10.6. The number of halogens is 2. The van der Waals surface area contributed by atoms with Crippen molar-refractivity contribution in [1.29, 1.82) is 0 Å². The van der Waals surface area contributed by atoms with Gasteiger partial charge in [0.1, 0.15) is 5.82 Å². The van der Waals surface area contributed by atoms with Gasteiger partial charge in [-0.05, 0) is 12.1 Å². The van der Waals surface area contributed by atoms with Crippen molar-refractivity contribution in [3.63, 3.8) is 0 Å². The molecule has 1 aromatic heterocycles. The van der Waals surface area contributed by atoms with E-state index in [1.807, 2.05) is 0 Å². The molecule has 0 fully saturated rings. The standard InChI is InChI=1S/C9H3ClFNO4/c10-6-3-5(11)1-4-2-7(12(14)15)9(13)16-8(4)6/h1-3H. The third-order valence-corrected chi connectivity index (χ3v) is 2.21. The molecular formula is C9H3ClFNO4. The zero-order valence-electron chi connectivity index (χ0n) is 7.57. The molecule has 0 aliphatic carbocycles. The van der Waals surface area contributed by atoms with Gasteiger partial charge >= 0.3 is 11.3 Å². The molecule has 1 heterocycles. The molecular weight excluding hydrogens is 241 g/mol. The molecule has 82 valence electrons. The maximum atomic E-state index is 13.0. The summed E-state index contributed by atoms with van der Waals surface area (Å²) in [7, 11) is 0. The van der Waals surface area contributed by atoms with Crippen molar-refractivity contribution >= 4 is 28.3 Å². The monoisotopic (exact) mass is 243 g/mol. The Hall–Kier alpha value is -1.95. The molecule has 0 unspecified atom stereocenters.